The van der Waals surface area contributed by atoms with E-state index in [1.54, 1.807) is 24.3 Å². The number of rotatable bonds is 3. The SMILES string of the molecule is CC(C)c1ccc(C=Nc2ccc(O)cc2)cc1. The largest absolute Gasteiger partial charge is 0.508 e. The van der Waals surface area contributed by atoms with Crippen molar-refractivity contribution in [2.75, 3.05) is 0 Å². The molecule has 2 aromatic carbocycles. The summed E-state index contributed by atoms with van der Waals surface area (Å²) in [4.78, 5) is 4.36. The summed E-state index contributed by atoms with van der Waals surface area (Å²) in [6, 6.07) is 15.2. The molecule has 18 heavy (non-hydrogen) atoms. The van der Waals surface area contributed by atoms with Crippen LogP contribution in [0.5, 0.6) is 5.75 Å². The average molecular weight is 239 g/mol. The van der Waals surface area contributed by atoms with E-state index in [1.165, 1.54) is 5.56 Å². The van der Waals surface area contributed by atoms with Crippen LogP contribution in [0.25, 0.3) is 0 Å². The Bertz CT molecular complexity index is 524. The van der Waals surface area contributed by atoms with Gasteiger partial charge in [-0.15, -0.1) is 0 Å². The zero-order valence-corrected chi connectivity index (χ0v) is 10.7. The van der Waals surface area contributed by atoms with Gasteiger partial charge >= 0.3 is 0 Å². The highest BCUT2D eigenvalue weighted by molar-refractivity contribution is 5.81. The number of nitrogens with zero attached hydrogens (tertiary/aromatic N) is 1. The van der Waals surface area contributed by atoms with E-state index in [9.17, 15) is 5.11 Å². The zero-order chi connectivity index (χ0) is 13.0. The summed E-state index contributed by atoms with van der Waals surface area (Å²) in [5, 5.41) is 9.17. The van der Waals surface area contributed by atoms with E-state index in [-0.39, 0.29) is 5.75 Å². The molecule has 2 heteroatoms. The van der Waals surface area contributed by atoms with Gasteiger partial charge in [-0.2, -0.15) is 0 Å². The van der Waals surface area contributed by atoms with Crippen LogP contribution < -0.4 is 0 Å². The van der Waals surface area contributed by atoms with Gasteiger partial charge in [0.15, 0.2) is 0 Å². The lowest BCUT2D eigenvalue weighted by Crippen LogP contribution is -1.87. The minimum Gasteiger partial charge on any atom is -0.508 e. The smallest absolute Gasteiger partial charge is 0.115 e. The molecule has 2 aromatic rings. The highest BCUT2D eigenvalue weighted by Crippen LogP contribution is 2.17. The number of hydrogen-bond donors (Lipinski definition) is 1. The molecule has 0 unspecified atom stereocenters. The molecule has 2 nitrogen and oxygen atoms in total. The summed E-state index contributed by atoms with van der Waals surface area (Å²) in [5.74, 6) is 0.809. The van der Waals surface area contributed by atoms with Crippen LogP contribution in [0.15, 0.2) is 53.5 Å². The highest BCUT2D eigenvalue weighted by Gasteiger charge is 1.97. The van der Waals surface area contributed by atoms with Gasteiger partial charge in [-0.3, -0.25) is 4.99 Å². The monoisotopic (exact) mass is 239 g/mol. The van der Waals surface area contributed by atoms with E-state index in [0.717, 1.165) is 11.3 Å². The van der Waals surface area contributed by atoms with Crippen molar-refractivity contribution in [2.24, 2.45) is 4.99 Å². The number of benzene rings is 2. The Morgan fingerprint density at radius 1 is 0.944 bits per heavy atom. The molecule has 92 valence electrons. The van der Waals surface area contributed by atoms with E-state index in [4.69, 9.17) is 0 Å². The Kier molecular flexibility index (Phi) is 3.78. The maximum absolute atomic E-state index is 9.17. The van der Waals surface area contributed by atoms with Crippen LogP contribution in [0.3, 0.4) is 0 Å². The van der Waals surface area contributed by atoms with E-state index in [0.29, 0.717) is 5.92 Å². The summed E-state index contributed by atoms with van der Waals surface area (Å²) in [6.07, 6.45) is 1.83. The van der Waals surface area contributed by atoms with Gasteiger partial charge in [-0.05, 0) is 41.3 Å². The second kappa shape index (κ2) is 5.50. The molecule has 0 aliphatic heterocycles. The number of hydrogen-bond acceptors (Lipinski definition) is 2. The van der Waals surface area contributed by atoms with Crippen LogP contribution in [0.2, 0.25) is 0 Å². The van der Waals surface area contributed by atoms with Crippen LogP contribution in [0, 0.1) is 0 Å². The van der Waals surface area contributed by atoms with Gasteiger partial charge in [0.05, 0.1) is 5.69 Å². The summed E-state index contributed by atoms with van der Waals surface area (Å²) in [5.41, 5.74) is 3.24. The first kappa shape index (κ1) is 12.4. The van der Waals surface area contributed by atoms with E-state index >= 15 is 0 Å². The van der Waals surface area contributed by atoms with E-state index in [1.807, 2.05) is 6.21 Å². The van der Waals surface area contributed by atoms with Gasteiger partial charge in [0.1, 0.15) is 5.75 Å². The standard InChI is InChI=1S/C16H17NO/c1-12(2)14-5-3-13(4-6-14)11-17-15-7-9-16(18)10-8-15/h3-12,18H,1-2H3. The van der Waals surface area contributed by atoms with Crippen molar-refractivity contribution in [2.45, 2.75) is 19.8 Å². The third kappa shape index (κ3) is 3.20. The number of phenolic OH excluding ortho intramolecular Hbond substituents is 1. The predicted octanol–water partition coefficient (Wildman–Crippen LogP) is 4.27. The molecule has 0 aromatic heterocycles. The molecule has 2 rings (SSSR count). The van der Waals surface area contributed by atoms with E-state index < -0.39 is 0 Å². The highest BCUT2D eigenvalue weighted by atomic mass is 16.3. The Hall–Kier alpha value is -2.09. The molecular weight excluding hydrogens is 222 g/mol. The summed E-state index contributed by atoms with van der Waals surface area (Å²) >= 11 is 0. The lowest BCUT2D eigenvalue weighted by atomic mass is 10.0. The second-order valence-electron chi connectivity index (χ2n) is 4.60. The Labute approximate surface area is 108 Å². The van der Waals surface area contributed by atoms with Gasteiger partial charge in [0.25, 0.3) is 0 Å². The van der Waals surface area contributed by atoms with Crippen molar-refractivity contribution in [1.29, 1.82) is 0 Å². The molecule has 0 saturated carbocycles. The molecule has 1 N–H and O–H groups in total. The minimum absolute atomic E-state index is 0.259. The third-order valence-electron chi connectivity index (χ3n) is 2.82. The lowest BCUT2D eigenvalue weighted by Gasteiger charge is -2.04. The van der Waals surface area contributed by atoms with Crippen molar-refractivity contribution in [3.63, 3.8) is 0 Å². The minimum atomic E-state index is 0.259. The fourth-order valence-electron chi connectivity index (χ4n) is 1.65. The normalized spacial score (nSPS) is 11.3. The maximum Gasteiger partial charge on any atom is 0.115 e. The Morgan fingerprint density at radius 2 is 1.56 bits per heavy atom. The Morgan fingerprint density at radius 3 is 2.11 bits per heavy atom. The molecule has 0 atom stereocenters. The molecule has 0 heterocycles. The van der Waals surface area contributed by atoms with Crippen LogP contribution >= 0.6 is 0 Å². The van der Waals surface area contributed by atoms with Gasteiger partial charge < -0.3 is 5.11 Å². The number of phenols is 1. The van der Waals surface area contributed by atoms with Crippen molar-refractivity contribution < 1.29 is 5.11 Å². The van der Waals surface area contributed by atoms with Gasteiger partial charge in [0, 0.05) is 6.21 Å². The fraction of sp³-hybridized carbons (Fsp3) is 0.188. The van der Waals surface area contributed by atoms with Crippen molar-refractivity contribution in [3.05, 3.63) is 59.7 Å². The first-order chi connectivity index (χ1) is 8.65. The summed E-state index contributed by atoms with van der Waals surface area (Å²) in [7, 11) is 0. The van der Waals surface area contributed by atoms with E-state index in [2.05, 4.69) is 43.1 Å². The fourth-order valence-corrected chi connectivity index (χ4v) is 1.65. The molecule has 0 spiro atoms. The molecule has 0 saturated heterocycles. The Balaban J connectivity index is 2.11. The topological polar surface area (TPSA) is 32.6 Å². The van der Waals surface area contributed by atoms with Gasteiger partial charge in [0.2, 0.25) is 0 Å². The second-order valence-corrected chi connectivity index (χ2v) is 4.60. The van der Waals surface area contributed by atoms with Gasteiger partial charge in [-0.1, -0.05) is 38.1 Å². The molecule has 0 amide bonds. The summed E-state index contributed by atoms with van der Waals surface area (Å²) < 4.78 is 0. The lowest BCUT2D eigenvalue weighted by molar-refractivity contribution is 0.475. The molecular formula is C16H17NO. The molecule has 0 radical (unpaired) electrons. The molecule has 0 aliphatic carbocycles. The first-order valence-corrected chi connectivity index (χ1v) is 6.08. The van der Waals surface area contributed by atoms with Crippen LogP contribution in [-0.2, 0) is 0 Å². The predicted molar refractivity (Wildman–Crippen MR) is 75.9 cm³/mol. The van der Waals surface area contributed by atoms with Crippen molar-refractivity contribution >= 4 is 11.9 Å². The number of aliphatic imine (C=N–C) groups is 1. The van der Waals surface area contributed by atoms with Crippen LogP contribution in [0.1, 0.15) is 30.9 Å². The molecule has 0 aliphatic rings. The van der Waals surface area contributed by atoms with Crippen molar-refractivity contribution in [3.8, 4) is 5.75 Å². The van der Waals surface area contributed by atoms with Crippen LogP contribution in [-0.4, -0.2) is 11.3 Å². The maximum atomic E-state index is 9.17. The summed E-state index contributed by atoms with van der Waals surface area (Å²) in [6.45, 7) is 4.36. The third-order valence-corrected chi connectivity index (χ3v) is 2.82. The first-order valence-electron chi connectivity index (χ1n) is 6.08. The molecule has 0 fully saturated rings. The van der Waals surface area contributed by atoms with Gasteiger partial charge in [-0.25, -0.2) is 0 Å². The zero-order valence-electron chi connectivity index (χ0n) is 10.7. The van der Waals surface area contributed by atoms with Crippen LogP contribution in [0.4, 0.5) is 5.69 Å². The van der Waals surface area contributed by atoms with Crippen molar-refractivity contribution in [1.82, 2.24) is 0 Å². The number of aromatic hydroxyl groups is 1. The quantitative estimate of drug-likeness (QED) is 0.797. The molecule has 0 bridgehead atoms. The average Bonchev–Trinajstić information content (AvgIpc) is 2.38.